The summed E-state index contributed by atoms with van der Waals surface area (Å²) in [5.41, 5.74) is 1.56. The molecular weight excluding hydrogens is 164 g/mol. The van der Waals surface area contributed by atoms with Gasteiger partial charge in [-0.25, -0.2) is 0 Å². The maximum atomic E-state index is 9.65. The summed E-state index contributed by atoms with van der Waals surface area (Å²) in [6.45, 7) is 3.52. The number of aliphatic hydroxyl groups is 2. The average Bonchev–Trinajstić information content (AvgIpc) is 2.18. The lowest BCUT2D eigenvalue weighted by Crippen LogP contribution is -2.00. The van der Waals surface area contributed by atoms with Crippen molar-refractivity contribution in [1.82, 2.24) is 0 Å². The zero-order valence-electron chi connectivity index (χ0n) is 7.48. The van der Waals surface area contributed by atoms with E-state index in [0.717, 1.165) is 11.1 Å². The fraction of sp³-hybridized carbons (Fsp3) is 0.273. The van der Waals surface area contributed by atoms with Gasteiger partial charge < -0.3 is 10.2 Å². The molecule has 0 aliphatic heterocycles. The Balaban J connectivity index is 2.91. The van der Waals surface area contributed by atoms with Crippen LogP contribution in [0, 0.1) is 0 Å². The fourth-order valence-corrected chi connectivity index (χ4v) is 1.29. The van der Waals surface area contributed by atoms with Crippen LogP contribution in [0.1, 0.15) is 23.7 Å². The molecule has 0 saturated carbocycles. The van der Waals surface area contributed by atoms with Crippen LogP contribution in [-0.2, 0) is 6.61 Å². The van der Waals surface area contributed by atoms with Crippen LogP contribution in [0.2, 0.25) is 0 Å². The Bertz CT molecular complexity index is 281. The van der Waals surface area contributed by atoms with Crippen molar-refractivity contribution in [3.05, 3.63) is 48.0 Å². The minimum Gasteiger partial charge on any atom is -0.392 e. The molecule has 1 aromatic rings. The van der Waals surface area contributed by atoms with Crippen LogP contribution in [-0.4, -0.2) is 10.2 Å². The summed E-state index contributed by atoms with van der Waals surface area (Å²) in [5, 5.41) is 18.6. The van der Waals surface area contributed by atoms with Gasteiger partial charge in [-0.05, 0) is 17.5 Å². The third-order valence-corrected chi connectivity index (χ3v) is 1.97. The van der Waals surface area contributed by atoms with E-state index in [4.69, 9.17) is 5.11 Å². The molecule has 0 amide bonds. The first-order chi connectivity index (χ1) is 6.29. The Morgan fingerprint density at radius 3 is 2.69 bits per heavy atom. The van der Waals surface area contributed by atoms with Crippen molar-refractivity contribution in [3.63, 3.8) is 0 Å². The Morgan fingerprint density at radius 1 is 1.38 bits per heavy atom. The lowest BCUT2D eigenvalue weighted by molar-refractivity contribution is 0.177. The molecule has 0 fully saturated rings. The fourth-order valence-electron chi connectivity index (χ4n) is 1.29. The van der Waals surface area contributed by atoms with Crippen molar-refractivity contribution in [1.29, 1.82) is 0 Å². The highest BCUT2D eigenvalue weighted by Crippen LogP contribution is 2.20. The molecule has 1 aromatic carbocycles. The Morgan fingerprint density at radius 2 is 2.08 bits per heavy atom. The molecule has 1 rings (SSSR count). The normalized spacial score (nSPS) is 12.5. The van der Waals surface area contributed by atoms with Gasteiger partial charge in [-0.15, -0.1) is 6.58 Å². The number of benzene rings is 1. The molecule has 1 atom stereocenters. The second kappa shape index (κ2) is 4.80. The molecule has 2 heteroatoms. The predicted molar refractivity (Wildman–Crippen MR) is 52.1 cm³/mol. The zero-order valence-corrected chi connectivity index (χ0v) is 7.48. The van der Waals surface area contributed by atoms with Gasteiger partial charge in [0.15, 0.2) is 0 Å². The van der Waals surface area contributed by atoms with E-state index in [1.54, 1.807) is 6.08 Å². The quantitative estimate of drug-likeness (QED) is 0.690. The van der Waals surface area contributed by atoms with Crippen LogP contribution >= 0.6 is 0 Å². The van der Waals surface area contributed by atoms with Gasteiger partial charge in [0.1, 0.15) is 0 Å². The molecule has 0 heterocycles. The first-order valence-electron chi connectivity index (χ1n) is 4.27. The van der Waals surface area contributed by atoms with Crippen LogP contribution in [0.15, 0.2) is 36.9 Å². The second-order valence-corrected chi connectivity index (χ2v) is 2.90. The Labute approximate surface area is 78.2 Å². The monoisotopic (exact) mass is 178 g/mol. The summed E-state index contributed by atoms with van der Waals surface area (Å²) in [7, 11) is 0. The summed E-state index contributed by atoms with van der Waals surface area (Å²) in [6.07, 6.45) is 1.62. The molecular formula is C11H14O2. The molecule has 0 saturated heterocycles. The lowest BCUT2D eigenvalue weighted by Gasteiger charge is -2.12. The van der Waals surface area contributed by atoms with Gasteiger partial charge in [0.05, 0.1) is 12.7 Å². The number of rotatable bonds is 4. The Hall–Kier alpha value is -1.12. The minimum atomic E-state index is -0.555. The van der Waals surface area contributed by atoms with Crippen molar-refractivity contribution in [2.75, 3.05) is 0 Å². The minimum absolute atomic E-state index is 0.0373. The van der Waals surface area contributed by atoms with Crippen LogP contribution < -0.4 is 0 Å². The van der Waals surface area contributed by atoms with Crippen molar-refractivity contribution >= 4 is 0 Å². The molecule has 0 bridgehead atoms. The van der Waals surface area contributed by atoms with E-state index in [1.165, 1.54) is 0 Å². The molecule has 0 radical (unpaired) electrons. The topological polar surface area (TPSA) is 40.5 Å². The summed E-state index contributed by atoms with van der Waals surface area (Å²) < 4.78 is 0. The van der Waals surface area contributed by atoms with Crippen molar-refractivity contribution in [2.24, 2.45) is 0 Å². The van der Waals surface area contributed by atoms with Gasteiger partial charge in [-0.3, -0.25) is 0 Å². The highest BCUT2D eigenvalue weighted by molar-refractivity contribution is 5.28. The van der Waals surface area contributed by atoms with Crippen LogP contribution in [0.5, 0.6) is 0 Å². The van der Waals surface area contributed by atoms with Gasteiger partial charge in [0.2, 0.25) is 0 Å². The summed E-state index contributed by atoms with van der Waals surface area (Å²) in [4.78, 5) is 0. The third-order valence-electron chi connectivity index (χ3n) is 1.97. The molecule has 1 unspecified atom stereocenters. The van der Waals surface area contributed by atoms with Gasteiger partial charge >= 0.3 is 0 Å². The van der Waals surface area contributed by atoms with Crippen LogP contribution in [0.25, 0.3) is 0 Å². The van der Waals surface area contributed by atoms with Gasteiger partial charge in [-0.2, -0.15) is 0 Å². The standard InChI is InChI=1S/C11H14O2/c1-2-5-11(13)10-7-4-3-6-9(10)8-12/h2-4,6-7,11-13H,1,5,8H2. The maximum absolute atomic E-state index is 9.65. The Kier molecular flexibility index (Phi) is 3.68. The third kappa shape index (κ3) is 2.41. The smallest absolute Gasteiger partial charge is 0.0827 e. The summed E-state index contributed by atoms with van der Waals surface area (Å²) >= 11 is 0. The molecule has 0 aliphatic rings. The van der Waals surface area contributed by atoms with Gasteiger partial charge in [0, 0.05) is 0 Å². The highest BCUT2D eigenvalue weighted by atomic mass is 16.3. The molecule has 2 N–H and O–H groups in total. The number of aliphatic hydroxyl groups excluding tert-OH is 2. The highest BCUT2D eigenvalue weighted by Gasteiger charge is 2.08. The lowest BCUT2D eigenvalue weighted by atomic mass is 10.0. The van der Waals surface area contributed by atoms with Crippen molar-refractivity contribution in [3.8, 4) is 0 Å². The van der Waals surface area contributed by atoms with E-state index in [2.05, 4.69) is 6.58 Å². The zero-order chi connectivity index (χ0) is 9.68. The number of hydrogen-bond acceptors (Lipinski definition) is 2. The van der Waals surface area contributed by atoms with Gasteiger partial charge in [-0.1, -0.05) is 30.3 Å². The average molecular weight is 178 g/mol. The first-order valence-corrected chi connectivity index (χ1v) is 4.27. The number of hydrogen-bond donors (Lipinski definition) is 2. The van der Waals surface area contributed by atoms with E-state index < -0.39 is 6.10 Å². The predicted octanol–water partition coefficient (Wildman–Crippen LogP) is 1.79. The summed E-state index contributed by atoms with van der Waals surface area (Å²) in [5.74, 6) is 0. The molecule has 13 heavy (non-hydrogen) atoms. The van der Waals surface area contributed by atoms with E-state index in [1.807, 2.05) is 24.3 Å². The second-order valence-electron chi connectivity index (χ2n) is 2.90. The molecule has 0 aliphatic carbocycles. The van der Waals surface area contributed by atoms with E-state index in [0.29, 0.717) is 6.42 Å². The SMILES string of the molecule is C=CCC(O)c1ccccc1CO. The van der Waals surface area contributed by atoms with Gasteiger partial charge in [0.25, 0.3) is 0 Å². The van der Waals surface area contributed by atoms with Crippen LogP contribution in [0.3, 0.4) is 0 Å². The van der Waals surface area contributed by atoms with E-state index >= 15 is 0 Å². The first kappa shape index (κ1) is 9.96. The van der Waals surface area contributed by atoms with Crippen molar-refractivity contribution < 1.29 is 10.2 Å². The van der Waals surface area contributed by atoms with E-state index in [9.17, 15) is 5.11 Å². The van der Waals surface area contributed by atoms with Crippen LogP contribution in [0.4, 0.5) is 0 Å². The summed E-state index contributed by atoms with van der Waals surface area (Å²) in [6, 6.07) is 7.32. The largest absolute Gasteiger partial charge is 0.392 e. The molecule has 2 nitrogen and oxygen atoms in total. The van der Waals surface area contributed by atoms with Crippen molar-refractivity contribution in [2.45, 2.75) is 19.1 Å². The molecule has 70 valence electrons. The molecule has 0 spiro atoms. The maximum Gasteiger partial charge on any atom is 0.0827 e. The molecule has 0 aromatic heterocycles. The van der Waals surface area contributed by atoms with E-state index in [-0.39, 0.29) is 6.61 Å².